The summed E-state index contributed by atoms with van der Waals surface area (Å²) in [7, 11) is 0. The molecule has 2 aromatic rings. The number of hydrogen-bond donors (Lipinski definition) is 4. The van der Waals surface area contributed by atoms with Crippen molar-refractivity contribution in [2.24, 2.45) is 5.92 Å². The molecule has 9 nitrogen and oxygen atoms in total. The molecule has 2 aliphatic rings. The number of carbonyl (C=O) groups excluding carboxylic acids is 3. The second kappa shape index (κ2) is 10.4. The number of amides is 3. The third-order valence-corrected chi connectivity index (χ3v) is 6.04. The van der Waals surface area contributed by atoms with Gasteiger partial charge in [0.25, 0.3) is 0 Å². The first-order chi connectivity index (χ1) is 16.4. The fraction of sp³-hybridized carbons (Fsp3) is 0.360. The first-order valence-electron chi connectivity index (χ1n) is 11.3. The number of fused-ring (bicyclic) bond motifs is 3. The van der Waals surface area contributed by atoms with Gasteiger partial charge in [-0.25, -0.2) is 4.79 Å². The summed E-state index contributed by atoms with van der Waals surface area (Å²) >= 11 is 0. The molecule has 2 aromatic carbocycles. The molecule has 0 radical (unpaired) electrons. The maximum Gasteiger partial charge on any atom is 0.407 e. The topological polar surface area (TPSA) is 134 Å². The van der Waals surface area contributed by atoms with E-state index in [0.29, 0.717) is 12.5 Å². The molecule has 4 N–H and O–H groups in total. The van der Waals surface area contributed by atoms with Gasteiger partial charge in [-0.05, 0) is 41.0 Å². The number of rotatable bonds is 10. The van der Waals surface area contributed by atoms with Gasteiger partial charge >= 0.3 is 12.1 Å². The van der Waals surface area contributed by atoms with Gasteiger partial charge < -0.3 is 25.8 Å². The van der Waals surface area contributed by atoms with E-state index in [1.54, 1.807) is 0 Å². The predicted octanol–water partition coefficient (Wildman–Crippen LogP) is 2.01. The van der Waals surface area contributed by atoms with Crippen LogP contribution in [0, 0.1) is 5.92 Å². The van der Waals surface area contributed by atoms with Crippen LogP contribution in [-0.4, -0.2) is 54.7 Å². The predicted molar refractivity (Wildman–Crippen MR) is 123 cm³/mol. The Hall–Kier alpha value is -3.88. The normalized spacial score (nSPS) is 14.9. The lowest BCUT2D eigenvalue weighted by atomic mass is 9.98. The first kappa shape index (κ1) is 23.3. The number of alkyl carbamates (subject to hydrolysis) is 1. The lowest BCUT2D eigenvalue weighted by Gasteiger charge is -2.18. The summed E-state index contributed by atoms with van der Waals surface area (Å²) in [6.07, 6.45) is 0.621. The minimum absolute atomic E-state index is 0.0326. The van der Waals surface area contributed by atoms with Crippen molar-refractivity contribution in [3.63, 3.8) is 0 Å². The maximum absolute atomic E-state index is 12.5. The Morgan fingerprint density at radius 1 is 0.941 bits per heavy atom. The molecule has 0 heterocycles. The highest BCUT2D eigenvalue weighted by Gasteiger charge is 2.30. The number of hydrogen-bond acceptors (Lipinski definition) is 5. The molecular weight excluding hydrogens is 438 g/mol. The molecule has 0 aliphatic heterocycles. The highest BCUT2D eigenvalue weighted by Crippen LogP contribution is 2.44. The molecule has 1 saturated carbocycles. The molecule has 3 amide bonds. The molecule has 1 fully saturated rings. The van der Waals surface area contributed by atoms with E-state index in [0.717, 1.165) is 35.1 Å². The van der Waals surface area contributed by atoms with Crippen LogP contribution in [0.3, 0.4) is 0 Å². The van der Waals surface area contributed by atoms with Crippen LogP contribution < -0.4 is 16.0 Å². The summed E-state index contributed by atoms with van der Waals surface area (Å²) in [6, 6.07) is 14.4. The van der Waals surface area contributed by atoms with Gasteiger partial charge in [-0.15, -0.1) is 0 Å². The van der Waals surface area contributed by atoms with Crippen molar-refractivity contribution < 1.29 is 29.0 Å². The second-order valence-corrected chi connectivity index (χ2v) is 8.59. The Morgan fingerprint density at radius 3 is 2.15 bits per heavy atom. The molecule has 0 spiro atoms. The molecule has 178 valence electrons. The van der Waals surface area contributed by atoms with Gasteiger partial charge in [-0.3, -0.25) is 14.4 Å². The summed E-state index contributed by atoms with van der Waals surface area (Å²) in [5, 5.41) is 16.5. The Morgan fingerprint density at radius 2 is 1.56 bits per heavy atom. The molecule has 0 bridgehead atoms. The van der Waals surface area contributed by atoms with Gasteiger partial charge in [-0.1, -0.05) is 48.5 Å². The summed E-state index contributed by atoms with van der Waals surface area (Å²) < 4.78 is 5.40. The van der Waals surface area contributed by atoms with E-state index in [9.17, 15) is 19.2 Å². The number of benzene rings is 2. The number of ether oxygens (including phenoxy) is 1. The van der Waals surface area contributed by atoms with Crippen LogP contribution in [0.1, 0.15) is 36.3 Å². The van der Waals surface area contributed by atoms with Gasteiger partial charge in [0.1, 0.15) is 12.6 Å². The van der Waals surface area contributed by atoms with Crippen molar-refractivity contribution in [1.82, 2.24) is 16.0 Å². The van der Waals surface area contributed by atoms with E-state index < -0.39 is 30.4 Å². The lowest BCUT2D eigenvalue weighted by Crippen LogP contribution is -2.50. The molecular formula is C25H27N3O6. The fourth-order valence-electron chi connectivity index (χ4n) is 4.10. The van der Waals surface area contributed by atoms with Crippen LogP contribution in [-0.2, 0) is 19.1 Å². The summed E-state index contributed by atoms with van der Waals surface area (Å²) in [6.45, 7) is 0.296. The van der Waals surface area contributed by atoms with Crippen molar-refractivity contribution in [3.8, 4) is 11.1 Å². The van der Waals surface area contributed by atoms with E-state index in [4.69, 9.17) is 9.84 Å². The van der Waals surface area contributed by atoms with Crippen LogP contribution in [0.5, 0.6) is 0 Å². The monoisotopic (exact) mass is 465 g/mol. The fourth-order valence-corrected chi connectivity index (χ4v) is 4.10. The number of carboxylic acids is 1. The van der Waals surface area contributed by atoms with E-state index in [1.165, 1.54) is 0 Å². The van der Waals surface area contributed by atoms with E-state index in [1.807, 2.05) is 48.5 Å². The minimum atomic E-state index is -1.37. The van der Waals surface area contributed by atoms with Gasteiger partial charge in [-0.2, -0.15) is 0 Å². The summed E-state index contributed by atoms with van der Waals surface area (Å²) in [5.41, 5.74) is 4.23. The van der Waals surface area contributed by atoms with Crippen LogP contribution in [0.2, 0.25) is 0 Å². The Bertz CT molecular complexity index is 1050. The van der Waals surface area contributed by atoms with E-state index >= 15 is 0 Å². The number of carboxylic acid groups (broad SMARTS) is 1. The van der Waals surface area contributed by atoms with Gasteiger partial charge in [0.15, 0.2) is 0 Å². The molecule has 0 aromatic heterocycles. The summed E-state index contributed by atoms with van der Waals surface area (Å²) in [5.74, 6) is -2.07. The molecule has 9 heteroatoms. The Kier molecular flexibility index (Phi) is 7.10. The number of carbonyl (C=O) groups is 4. The Labute approximate surface area is 196 Å². The zero-order valence-electron chi connectivity index (χ0n) is 18.6. The smallest absolute Gasteiger partial charge is 0.407 e. The largest absolute Gasteiger partial charge is 0.481 e. The molecule has 1 atom stereocenters. The average molecular weight is 466 g/mol. The quantitative estimate of drug-likeness (QED) is 0.424. The number of aliphatic carboxylic acids is 1. The summed E-state index contributed by atoms with van der Waals surface area (Å²) in [4.78, 5) is 47.9. The SMILES string of the molecule is O=C(O)CC(NC(=O)OCC1c2ccccc2-c2ccccc21)C(=O)NCC(=O)NCC1CC1. The second-order valence-electron chi connectivity index (χ2n) is 8.59. The minimum Gasteiger partial charge on any atom is -0.481 e. The molecule has 1 unspecified atom stereocenters. The average Bonchev–Trinajstić information content (AvgIpc) is 3.60. The van der Waals surface area contributed by atoms with Crippen LogP contribution in [0.4, 0.5) is 4.79 Å². The van der Waals surface area contributed by atoms with Crippen molar-refractivity contribution in [1.29, 1.82) is 0 Å². The van der Waals surface area contributed by atoms with Gasteiger partial charge in [0, 0.05) is 12.5 Å². The third-order valence-electron chi connectivity index (χ3n) is 6.04. The first-order valence-corrected chi connectivity index (χ1v) is 11.3. The van der Waals surface area contributed by atoms with Crippen LogP contribution >= 0.6 is 0 Å². The van der Waals surface area contributed by atoms with Crippen LogP contribution in [0.25, 0.3) is 11.1 Å². The lowest BCUT2D eigenvalue weighted by molar-refractivity contribution is -0.139. The Balaban J connectivity index is 1.32. The zero-order chi connectivity index (χ0) is 24.1. The molecule has 2 aliphatic carbocycles. The van der Waals surface area contributed by atoms with Crippen LogP contribution in [0.15, 0.2) is 48.5 Å². The standard InChI is InChI=1S/C25H27N3O6/c29-22(26-12-15-9-10-15)13-27-24(32)21(11-23(30)31)28-25(33)34-14-20-18-7-3-1-5-16(18)17-6-2-4-8-19(17)20/h1-8,15,20-21H,9-14H2,(H,26,29)(H,27,32)(H,28,33)(H,30,31). The zero-order valence-corrected chi connectivity index (χ0v) is 18.6. The van der Waals surface area contributed by atoms with Crippen molar-refractivity contribution in [3.05, 3.63) is 59.7 Å². The van der Waals surface area contributed by atoms with Crippen molar-refractivity contribution in [2.45, 2.75) is 31.2 Å². The third kappa shape index (κ3) is 5.72. The van der Waals surface area contributed by atoms with Gasteiger partial charge in [0.05, 0.1) is 13.0 Å². The number of nitrogens with one attached hydrogen (secondary N) is 3. The van der Waals surface area contributed by atoms with Crippen molar-refractivity contribution >= 4 is 23.9 Å². The highest BCUT2D eigenvalue weighted by atomic mass is 16.5. The maximum atomic E-state index is 12.5. The van der Waals surface area contributed by atoms with E-state index in [-0.39, 0.29) is 25.0 Å². The highest BCUT2D eigenvalue weighted by molar-refractivity contribution is 5.92. The molecule has 0 saturated heterocycles. The molecule has 34 heavy (non-hydrogen) atoms. The van der Waals surface area contributed by atoms with E-state index in [2.05, 4.69) is 16.0 Å². The van der Waals surface area contributed by atoms with Crippen molar-refractivity contribution in [2.75, 3.05) is 19.7 Å². The van der Waals surface area contributed by atoms with Gasteiger partial charge in [0.2, 0.25) is 11.8 Å². The molecule has 4 rings (SSSR count).